The predicted octanol–water partition coefficient (Wildman–Crippen LogP) is 2.46. The number of carbonyl (C=O) groups is 1. The molecule has 0 radical (unpaired) electrons. The summed E-state index contributed by atoms with van der Waals surface area (Å²) in [7, 11) is 0. The molecule has 2 atom stereocenters. The minimum absolute atomic E-state index is 0.113. The van der Waals surface area contributed by atoms with E-state index in [1.54, 1.807) is 0 Å². The van der Waals surface area contributed by atoms with Crippen molar-refractivity contribution < 1.29 is 9.18 Å². The van der Waals surface area contributed by atoms with Gasteiger partial charge in [0, 0.05) is 13.1 Å². The Balaban J connectivity index is 1.76. The summed E-state index contributed by atoms with van der Waals surface area (Å²) in [5, 5.41) is 0. The molecule has 0 bridgehead atoms. The van der Waals surface area contributed by atoms with E-state index in [-0.39, 0.29) is 17.3 Å². The normalized spacial score (nSPS) is 26.1. The minimum atomic E-state index is -0.518. The molecule has 1 saturated heterocycles. The Bertz CT molecular complexity index is 520. The number of aromatic nitrogens is 1. The number of rotatable bonds is 1. The predicted molar refractivity (Wildman–Crippen MR) is 74.6 cm³/mol. The van der Waals surface area contributed by atoms with Gasteiger partial charge in [0.2, 0.25) is 0 Å². The van der Waals surface area contributed by atoms with E-state index in [9.17, 15) is 9.18 Å². The summed E-state index contributed by atoms with van der Waals surface area (Å²) in [5.74, 6) is 0.774. The largest absolute Gasteiger partial charge is 0.383 e. The van der Waals surface area contributed by atoms with Gasteiger partial charge in [-0.25, -0.2) is 9.37 Å². The van der Waals surface area contributed by atoms with Gasteiger partial charge >= 0.3 is 0 Å². The highest BCUT2D eigenvalue weighted by Gasteiger charge is 2.33. The zero-order valence-electron chi connectivity index (χ0n) is 11.5. The lowest BCUT2D eigenvalue weighted by molar-refractivity contribution is 0.0521. The van der Waals surface area contributed by atoms with Crippen molar-refractivity contribution in [3.8, 4) is 0 Å². The molecule has 2 heterocycles. The van der Waals surface area contributed by atoms with Crippen LogP contribution in [0.25, 0.3) is 0 Å². The molecular formula is C15H20FN3O. The van der Waals surface area contributed by atoms with E-state index in [4.69, 9.17) is 5.73 Å². The molecule has 108 valence electrons. The molecule has 3 rings (SSSR count). The van der Waals surface area contributed by atoms with E-state index in [0.717, 1.165) is 31.6 Å². The number of nitrogen functional groups attached to an aromatic ring is 1. The van der Waals surface area contributed by atoms with Crippen LogP contribution < -0.4 is 5.73 Å². The number of hydrogen-bond donors (Lipinski definition) is 1. The standard InChI is InChI=1S/C15H20FN3O/c16-12-7-13(14(17)18-8-12)15(20)19-6-5-10-3-1-2-4-11(10)9-19/h7-8,10-11H,1-6,9H2,(H2,17,18). The van der Waals surface area contributed by atoms with Gasteiger partial charge in [0.05, 0.1) is 11.8 Å². The molecule has 0 aromatic carbocycles. The first-order valence-electron chi connectivity index (χ1n) is 7.35. The molecule has 2 unspecified atom stereocenters. The van der Waals surface area contributed by atoms with Gasteiger partial charge < -0.3 is 10.6 Å². The molecule has 20 heavy (non-hydrogen) atoms. The number of piperidine rings is 1. The van der Waals surface area contributed by atoms with Crippen LogP contribution in [0.1, 0.15) is 42.5 Å². The number of likely N-dealkylation sites (tertiary alicyclic amines) is 1. The second-order valence-electron chi connectivity index (χ2n) is 5.93. The third kappa shape index (κ3) is 2.49. The number of amides is 1. The fraction of sp³-hybridized carbons (Fsp3) is 0.600. The summed E-state index contributed by atoms with van der Waals surface area (Å²) in [6, 6.07) is 1.19. The Morgan fingerprint density at radius 1 is 1.30 bits per heavy atom. The van der Waals surface area contributed by atoms with Crippen LogP contribution in [0.4, 0.5) is 10.2 Å². The van der Waals surface area contributed by atoms with Crippen molar-refractivity contribution in [2.24, 2.45) is 11.8 Å². The first kappa shape index (κ1) is 13.3. The average molecular weight is 277 g/mol. The summed E-state index contributed by atoms with van der Waals surface area (Å²) in [5.41, 5.74) is 5.90. The second kappa shape index (κ2) is 5.38. The van der Waals surface area contributed by atoms with Crippen LogP contribution in [0.2, 0.25) is 0 Å². The van der Waals surface area contributed by atoms with E-state index in [1.165, 1.54) is 31.7 Å². The summed E-state index contributed by atoms with van der Waals surface area (Å²) in [6.07, 6.45) is 7.16. The summed E-state index contributed by atoms with van der Waals surface area (Å²) < 4.78 is 13.3. The lowest BCUT2D eigenvalue weighted by Crippen LogP contribution is -2.45. The Hall–Kier alpha value is -1.65. The second-order valence-corrected chi connectivity index (χ2v) is 5.93. The number of pyridine rings is 1. The fourth-order valence-electron chi connectivity index (χ4n) is 3.58. The summed E-state index contributed by atoms with van der Waals surface area (Å²) in [6.45, 7) is 1.52. The van der Waals surface area contributed by atoms with Crippen LogP contribution in [-0.4, -0.2) is 28.9 Å². The van der Waals surface area contributed by atoms with E-state index >= 15 is 0 Å². The lowest BCUT2D eigenvalue weighted by Gasteiger charge is -2.41. The van der Waals surface area contributed by atoms with Gasteiger partial charge in [0.15, 0.2) is 0 Å². The third-order valence-corrected chi connectivity index (χ3v) is 4.69. The van der Waals surface area contributed by atoms with Crippen LogP contribution in [0.3, 0.4) is 0 Å². The highest BCUT2D eigenvalue weighted by molar-refractivity contribution is 5.98. The minimum Gasteiger partial charge on any atom is -0.383 e. The highest BCUT2D eigenvalue weighted by Crippen LogP contribution is 2.36. The Labute approximate surface area is 118 Å². The molecule has 4 nitrogen and oxygen atoms in total. The SMILES string of the molecule is Nc1ncc(F)cc1C(=O)N1CCC2CCCCC2C1. The molecule has 1 aromatic rings. The Morgan fingerprint density at radius 2 is 2.05 bits per heavy atom. The van der Waals surface area contributed by atoms with Crippen molar-refractivity contribution in [3.63, 3.8) is 0 Å². The van der Waals surface area contributed by atoms with Crippen molar-refractivity contribution in [1.29, 1.82) is 0 Å². The molecule has 1 saturated carbocycles. The number of anilines is 1. The van der Waals surface area contributed by atoms with Gasteiger partial charge in [-0.05, 0) is 30.7 Å². The van der Waals surface area contributed by atoms with Crippen molar-refractivity contribution >= 4 is 11.7 Å². The molecule has 2 N–H and O–H groups in total. The molecule has 1 amide bonds. The number of carbonyl (C=O) groups excluding carboxylic acids is 1. The van der Waals surface area contributed by atoms with Gasteiger partial charge in [-0.1, -0.05) is 19.3 Å². The van der Waals surface area contributed by atoms with E-state index < -0.39 is 5.82 Å². The van der Waals surface area contributed by atoms with Crippen LogP contribution in [-0.2, 0) is 0 Å². The number of hydrogen-bond acceptors (Lipinski definition) is 3. The Kier molecular flexibility index (Phi) is 3.59. The quantitative estimate of drug-likeness (QED) is 0.857. The average Bonchev–Trinajstić information content (AvgIpc) is 2.48. The smallest absolute Gasteiger partial charge is 0.257 e. The maximum Gasteiger partial charge on any atom is 0.257 e. The monoisotopic (exact) mass is 277 g/mol. The fourth-order valence-corrected chi connectivity index (χ4v) is 3.58. The number of fused-ring (bicyclic) bond motifs is 1. The van der Waals surface area contributed by atoms with Crippen molar-refractivity contribution in [2.45, 2.75) is 32.1 Å². The van der Waals surface area contributed by atoms with Gasteiger partial charge in [0.25, 0.3) is 5.91 Å². The van der Waals surface area contributed by atoms with Gasteiger partial charge in [0.1, 0.15) is 11.6 Å². The third-order valence-electron chi connectivity index (χ3n) is 4.69. The van der Waals surface area contributed by atoms with Crippen LogP contribution in [0, 0.1) is 17.7 Å². The number of nitrogens with zero attached hydrogens (tertiary/aromatic N) is 2. The van der Waals surface area contributed by atoms with Gasteiger partial charge in [-0.2, -0.15) is 0 Å². The molecule has 1 aromatic heterocycles. The van der Waals surface area contributed by atoms with Crippen LogP contribution in [0.15, 0.2) is 12.3 Å². The van der Waals surface area contributed by atoms with Gasteiger partial charge in [-0.15, -0.1) is 0 Å². The van der Waals surface area contributed by atoms with Crippen LogP contribution in [0.5, 0.6) is 0 Å². The molecule has 2 fully saturated rings. The molecule has 1 aliphatic heterocycles. The van der Waals surface area contributed by atoms with Gasteiger partial charge in [-0.3, -0.25) is 4.79 Å². The zero-order chi connectivity index (χ0) is 14.1. The van der Waals surface area contributed by atoms with Crippen molar-refractivity contribution in [1.82, 2.24) is 9.88 Å². The number of nitrogens with two attached hydrogens (primary N) is 1. The molecule has 0 spiro atoms. The summed E-state index contributed by atoms with van der Waals surface area (Å²) >= 11 is 0. The van der Waals surface area contributed by atoms with Crippen molar-refractivity contribution in [3.05, 3.63) is 23.6 Å². The van der Waals surface area contributed by atoms with E-state index in [2.05, 4.69) is 4.98 Å². The van der Waals surface area contributed by atoms with Crippen molar-refractivity contribution in [2.75, 3.05) is 18.8 Å². The maximum absolute atomic E-state index is 13.3. The number of halogens is 1. The molecule has 2 aliphatic rings. The van der Waals surface area contributed by atoms with E-state index in [0.29, 0.717) is 5.92 Å². The highest BCUT2D eigenvalue weighted by atomic mass is 19.1. The molecule has 5 heteroatoms. The lowest BCUT2D eigenvalue weighted by atomic mass is 9.75. The Morgan fingerprint density at radius 3 is 2.85 bits per heavy atom. The zero-order valence-corrected chi connectivity index (χ0v) is 11.5. The molecular weight excluding hydrogens is 257 g/mol. The first-order chi connectivity index (χ1) is 9.65. The maximum atomic E-state index is 13.3. The summed E-state index contributed by atoms with van der Waals surface area (Å²) in [4.78, 5) is 18.0. The topological polar surface area (TPSA) is 59.2 Å². The van der Waals surface area contributed by atoms with E-state index in [1.807, 2.05) is 4.90 Å². The first-order valence-corrected chi connectivity index (χ1v) is 7.35. The van der Waals surface area contributed by atoms with Crippen LogP contribution >= 0.6 is 0 Å². The molecule has 1 aliphatic carbocycles.